The molecule has 116 valence electrons. The molecule has 6 nitrogen and oxygen atoms in total. The summed E-state index contributed by atoms with van der Waals surface area (Å²) in [4.78, 5) is 20.2. The molecule has 0 aliphatic rings. The molecule has 0 spiro atoms. The van der Waals surface area contributed by atoms with Crippen LogP contribution < -0.4 is 0 Å². The zero-order valence-corrected chi connectivity index (χ0v) is 13.9. The predicted molar refractivity (Wildman–Crippen MR) is 87.2 cm³/mol. The Balaban J connectivity index is 1.67. The lowest BCUT2D eigenvalue weighted by molar-refractivity contribution is 0.0472. The smallest absolute Gasteiger partial charge is 0.341 e. The van der Waals surface area contributed by atoms with E-state index < -0.39 is 5.97 Å². The number of aromatic nitrogens is 4. The van der Waals surface area contributed by atoms with E-state index >= 15 is 0 Å². The Kier molecular flexibility index (Phi) is 4.47. The van der Waals surface area contributed by atoms with Crippen LogP contribution in [0, 0.1) is 6.92 Å². The number of aryl methyl sites for hydroxylation is 1. The summed E-state index contributed by atoms with van der Waals surface area (Å²) in [6, 6.07) is 7.63. The lowest BCUT2D eigenvalue weighted by atomic mass is 10.3. The molecule has 2 heterocycles. The maximum Gasteiger partial charge on any atom is 0.341 e. The fourth-order valence-corrected chi connectivity index (χ4v) is 2.30. The summed E-state index contributed by atoms with van der Waals surface area (Å²) in [5.74, 6) is 0.238. The molecule has 0 bridgehead atoms. The van der Waals surface area contributed by atoms with Gasteiger partial charge in [0.25, 0.3) is 0 Å². The van der Waals surface area contributed by atoms with Crippen molar-refractivity contribution in [2.75, 3.05) is 0 Å². The van der Waals surface area contributed by atoms with Crippen molar-refractivity contribution in [2.24, 2.45) is 0 Å². The van der Waals surface area contributed by atoms with Crippen molar-refractivity contribution in [1.29, 1.82) is 0 Å². The Hall–Kier alpha value is -2.54. The van der Waals surface area contributed by atoms with Gasteiger partial charge in [-0.3, -0.25) is 0 Å². The lowest BCUT2D eigenvalue weighted by Crippen LogP contribution is -2.05. The largest absolute Gasteiger partial charge is 0.457 e. The first-order valence-electron chi connectivity index (χ1n) is 6.87. The molecule has 2 aromatic heterocycles. The summed E-state index contributed by atoms with van der Waals surface area (Å²) < 4.78 is 7.81. The monoisotopic (exact) mass is 372 g/mol. The molecule has 0 radical (unpaired) electrons. The van der Waals surface area contributed by atoms with Gasteiger partial charge >= 0.3 is 5.97 Å². The average Bonchev–Trinajstić information content (AvgIpc) is 3.04. The zero-order chi connectivity index (χ0) is 16.2. The maximum atomic E-state index is 12.1. The van der Waals surface area contributed by atoms with Crippen LogP contribution in [0.1, 0.15) is 21.7 Å². The highest BCUT2D eigenvalue weighted by Crippen LogP contribution is 2.15. The number of esters is 1. The van der Waals surface area contributed by atoms with Crippen LogP contribution in [-0.2, 0) is 11.3 Å². The van der Waals surface area contributed by atoms with E-state index in [1.807, 2.05) is 24.3 Å². The number of halogens is 1. The molecule has 3 rings (SSSR count). The third-order valence-electron chi connectivity index (χ3n) is 3.10. The van der Waals surface area contributed by atoms with E-state index in [2.05, 4.69) is 31.0 Å². The van der Waals surface area contributed by atoms with Crippen LogP contribution in [0.3, 0.4) is 0 Å². The molecule has 0 atom stereocenters. The number of carbonyl (C=O) groups excluding carboxylic acids is 1. The van der Waals surface area contributed by atoms with Gasteiger partial charge in [-0.1, -0.05) is 22.0 Å². The quantitative estimate of drug-likeness (QED) is 0.658. The highest BCUT2D eigenvalue weighted by atomic mass is 79.9. The lowest BCUT2D eigenvalue weighted by Gasteiger charge is -2.03. The Morgan fingerprint density at radius 2 is 2.04 bits per heavy atom. The van der Waals surface area contributed by atoms with Crippen molar-refractivity contribution in [3.8, 4) is 5.69 Å². The molecule has 0 aliphatic heterocycles. The van der Waals surface area contributed by atoms with Gasteiger partial charge in [0.15, 0.2) is 0 Å². The first-order valence-corrected chi connectivity index (χ1v) is 7.66. The van der Waals surface area contributed by atoms with E-state index in [0.29, 0.717) is 11.4 Å². The fourth-order valence-electron chi connectivity index (χ4n) is 1.91. The van der Waals surface area contributed by atoms with Crippen LogP contribution in [-0.4, -0.2) is 25.7 Å². The van der Waals surface area contributed by atoms with Gasteiger partial charge in [0, 0.05) is 28.6 Å². The van der Waals surface area contributed by atoms with Crippen LogP contribution >= 0.6 is 15.9 Å². The van der Waals surface area contributed by atoms with Gasteiger partial charge in [-0.05, 0) is 25.1 Å². The summed E-state index contributed by atoms with van der Waals surface area (Å²) in [5, 5.41) is 4.19. The first-order chi connectivity index (χ1) is 11.1. The number of hydrogen-bond donors (Lipinski definition) is 0. The second kappa shape index (κ2) is 6.70. The summed E-state index contributed by atoms with van der Waals surface area (Å²) in [5.41, 5.74) is 1.98. The number of benzene rings is 1. The highest BCUT2D eigenvalue weighted by Gasteiger charge is 2.11. The van der Waals surface area contributed by atoms with E-state index in [4.69, 9.17) is 4.74 Å². The van der Waals surface area contributed by atoms with Gasteiger partial charge in [0.1, 0.15) is 12.4 Å². The minimum Gasteiger partial charge on any atom is -0.457 e. The van der Waals surface area contributed by atoms with E-state index in [-0.39, 0.29) is 6.61 Å². The Labute approximate surface area is 141 Å². The Morgan fingerprint density at radius 1 is 1.26 bits per heavy atom. The van der Waals surface area contributed by atoms with E-state index in [9.17, 15) is 4.79 Å². The van der Waals surface area contributed by atoms with Gasteiger partial charge in [0.05, 0.1) is 17.4 Å². The minimum absolute atomic E-state index is 0.126. The van der Waals surface area contributed by atoms with Crippen molar-refractivity contribution < 1.29 is 9.53 Å². The average molecular weight is 373 g/mol. The predicted octanol–water partition coefficient (Wildman–Crippen LogP) is 3.09. The Morgan fingerprint density at radius 3 is 2.78 bits per heavy atom. The molecule has 0 saturated heterocycles. The minimum atomic E-state index is -0.438. The van der Waals surface area contributed by atoms with Crippen molar-refractivity contribution in [3.05, 3.63) is 70.5 Å². The van der Waals surface area contributed by atoms with E-state index in [0.717, 1.165) is 15.7 Å². The summed E-state index contributed by atoms with van der Waals surface area (Å²) in [6.07, 6.45) is 6.39. The molecule has 0 amide bonds. The topological polar surface area (TPSA) is 69.9 Å². The number of hydrogen-bond acceptors (Lipinski definition) is 5. The van der Waals surface area contributed by atoms with Gasteiger partial charge in [-0.25, -0.2) is 19.4 Å². The van der Waals surface area contributed by atoms with Crippen LogP contribution in [0.2, 0.25) is 0 Å². The van der Waals surface area contributed by atoms with Gasteiger partial charge in [-0.2, -0.15) is 5.10 Å². The molecular weight excluding hydrogens is 360 g/mol. The second-order valence-corrected chi connectivity index (χ2v) is 5.78. The van der Waals surface area contributed by atoms with Gasteiger partial charge < -0.3 is 4.74 Å². The van der Waals surface area contributed by atoms with Crippen LogP contribution in [0.25, 0.3) is 5.69 Å². The van der Waals surface area contributed by atoms with Crippen molar-refractivity contribution >= 4 is 21.9 Å². The first kappa shape index (κ1) is 15.4. The van der Waals surface area contributed by atoms with Crippen LogP contribution in [0.4, 0.5) is 0 Å². The van der Waals surface area contributed by atoms with Crippen molar-refractivity contribution in [2.45, 2.75) is 13.5 Å². The third-order valence-corrected chi connectivity index (χ3v) is 3.59. The molecule has 1 aromatic carbocycles. The summed E-state index contributed by atoms with van der Waals surface area (Å²) >= 11 is 3.41. The highest BCUT2D eigenvalue weighted by molar-refractivity contribution is 9.10. The van der Waals surface area contributed by atoms with E-state index in [1.54, 1.807) is 30.2 Å². The van der Waals surface area contributed by atoms with Crippen molar-refractivity contribution in [1.82, 2.24) is 19.7 Å². The number of nitrogens with zero attached hydrogens (tertiary/aromatic N) is 4. The fraction of sp³-hybridized carbons (Fsp3) is 0.125. The zero-order valence-electron chi connectivity index (χ0n) is 12.3. The maximum absolute atomic E-state index is 12.1. The van der Waals surface area contributed by atoms with E-state index in [1.165, 1.54) is 6.20 Å². The molecule has 3 aromatic rings. The van der Waals surface area contributed by atoms with Crippen molar-refractivity contribution in [3.63, 3.8) is 0 Å². The molecule has 0 fully saturated rings. The second-order valence-electron chi connectivity index (χ2n) is 4.87. The molecule has 23 heavy (non-hydrogen) atoms. The number of ether oxygens (including phenoxy) is 1. The molecule has 0 unspecified atom stereocenters. The SMILES string of the molecule is Cc1ncc(COC(=O)c2cnn(-c3cccc(Br)c3)c2)cn1. The normalized spacial score (nSPS) is 10.5. The molecule has 0 N–H and O–H groups in total. The molecular formula is C16H13BrN4O2. The van der Waals surface area contributed by atoms with Gasteiger partial charge in [-0.15, -0.1) is 0 Å². The standard InChI is InChI=1S/C16H13BrN4O2/c1-11-18-6-12(7-19-11)10-23-16(22)13-8-20-21(9-13)15-4-2-3-14(17)5-15/h2-9H,10H2,1H3. The van der Waals surface area contributed by atoms with Gasteiger partial charge in [0.2, 0.25) is 0 Å². The molecule has 7 heteroatoms. The summed E-state index contributed by atoms with van der Waals surface area (Å²) in [7, 11) is 0. The van der Waals surface area contributed by atoms with Crippen LogP contribution in [0.5, 0.6) is 0 Å². The van der Waals surface area contributed by atoms with Crippen LogP contribution in [0.15, 0.2) is 53.5 Å². The Bertz CT molecular complexity index is 830. The molecule has 0 saturated carbocycles. The third kappa shape index (κ3) is 3.81. The molecule has 0 aliphatic carbocycles. The summed E-state index contributed by atoms with van der Waals surface area (Å²) in [6.45, 7) is 1.92. The number of carbonyl (C=O) groups is 1. The number of rotatable bonds is 4.